The highest BCUT2D eigenvalue weighted by Crippen LogP contribution is 2.34. The van der Waals surface area contributed by atoms with E-state index in [2.05, 4.69) is 0 Å². The molecule has 0 saturated carbocycles. The molecule has 1 amide bonds. The minimum Gasteiger partial charge on any atom is -0.305 e. The summed E-state index contributed by atoms with van der Waals surface area (Å²) in [7, 11) is 0. The van der Waals surface area contributed by atoms with Gasteiger partial charge in [0.2, 0.25) is 5.91 Å². The molecule has 0 N–H and O–H groups in total. The fourth-order valence-corrected chi connectivity index (χ4v) is 3.15. The molecule has 1 heterocycles. The number of aryl methyl sites for hydroxylation is 1. The first kappa shape index (κ1) is 14.5. The van der Waals surface area contributed by atoms with Crippen molar-refractivity contribution in [2.45, 2.75) is 25.5 Å². The summed E-state index contributed by atoms with van der Waals surface area (Å²) < 4.78 is 0. The molecule has 7 heteroatoms. The number of anilines is 1. The summed E-state index contributed by atoms with van der Waals surface area (Å²) in [5.41, 5.74) is 0.992. The van der Waals surface area contributed by atoms with Crippen LogP contribution in [0.5, 0.6) is 0 Å². The number of hydrogen-bond donors (Lipinski definition) is 0. The Kier molecular flexibility index (Phi) is 4.08. The quantitative estimate of drug-likeness (QED) is 0.631. The average Bonchev–Trinajstić information content (AvgIpc) is 2.69. The molecule has 0 aromatic heterocycles. The van der Waals surface area contributed by atoms with Gasteiger partial charge in [-0.05, 0) is 18.6 Å². The van der Waals surface area contributed by atoms with Crippen LogP contribution < -0.4 is 4.90 Å². The maximum atomic E-state index is 12.0. The van der Waals surface area contributed by atoms with Crippen LogP contribution in [0.3, 0.4) is 0 Å². The number of benzene rings is 1. The number of carbonyl (C=O) groups is 2. The molecule has 1 aliphatic rings. The van der Waals surface area contributed by atoms with E-state index >= 15 is 0 Å². The molecular weight excluding hydrogens is 280 g/mol. The second kappa shape index (κ2) is 5.62. The number of amides is 1. The van der Waals surface area contributed by atoms with Crippen LogP contribution in [-0.4, -0.2) is 27.7 Å². The fourth-order valence-electron chi connectivity index (χ4n) is 2.23. The Bertz CT molecular complexity index is 588. The summed E-state index contributed by atoms with van der Waals surface area (Å²) in [6.45, 7) is 3.54. The van der Waals surface area contributed by atoms with Gasteiger partial charge in [-0.25, -0.2) is 0 Å². The predicted octanol–water partition coefficient (Wildman–Crippen LogP) is 2.29. The van der Waals surface area contributed by atoms with Crippen LogP contribution in [0, 0.1) is 17.0 Å². The van der Waals surface area contributed by atoms with E-state index in [1.165, 1.54) is 17.9 Å². The Balaban J connectivity index is 2.30. The summed E-state index contributed by atoms with van der Waals surface area (Å²) in [5.74, 6) is -0.185. The molecule has 1 aromatic carbocycles. The van der Waals surface area contributed by atoms with Crippen LogP contribution >= 0.6 is 11.8 Å². The number of rotatable bonds is 3. The molecule has 1 aliphatic heterocycles. The van der Waals surface area contributed by atoms with E-state index in [1.54, 1.807) is 19.1 Å². The Morgan fingerprint density at radius 1 is 1.50 bits per heavy atom. The molecule has 1 unspecified atom stereocenters. The van der Waals surface area contributed by atoms with E-state index in [0.29, 0.717) is 12.2 Å². The van der Waals surface area contributed by atoms with Gasteiger partial charge < -0.3 is 4.90 Å². The van der Waals surface area contributed by atoms with Crippen molar-refractivity contribution in [3.8, 4) is 0 Å². The van der Waals surface area contributed by atoms with Gasteiger partial charge in [-0.15, -0.1) is 0 Å². The van der Waals surface area contributed by atoms with E-state index in [0.717, 1.165) is 17.3 Å². The topological polar surface area (TPSA) is 80.5 Å². The van der Waals surface area contributed by atoms with Crippen LogP contribution in [-0.2, 0) is 9.59 Å². The maximum Gasteiger partial charge on any atom is 0.293 e. The molecule has 106 valence electrons. The summed E-state index contributed by atoms with van der Waals surface area (Å²) in [5, 5.41) is 10.9. The first-order chi connectivity index (χ1) is 9.38. The lowest BCUT2D eigenvalue weighted by Gasteiger charge is -2.16. The Morgan fingerprint density at radius 3 is 2.80 bits per heavy atom. The molecule has 20 heavy (non-hydrogen) atoms. The summed E-state index contributed by atoms with van der Waals surface area (Å²) in [4.78, 5) is 35.1. The third-order valence-corrected chi connectivity index (χ3v) is 4.02. The minimum absolute atomic E-state index is 0.0527. The van der Waals surface area contributed by atoms with Crippen molar-refractivity contribution in [2.75, 3.05) is 11.4 Å². The van der Waals surface area contributed by atoms with Crippen LogP contribution in [0.4, 0.5) is 11.4 Å². The molecule has 0 aliphatic carbocycles. The first-order valence-electron chi connectivity index (χ1n) is 6.11. The van der Waals surface area contributed by atoms with Crippen molar-refractivity contribution >= 4 is 34.2 Å². The smallest absolute Gasteiger partial charge is 0.293 e. The molecule has 0 radical (unpaired) electrons. The lowest BCUT2D eigenvalue weighted by atomic mass is 10.2. The number of thioether (sulfide) groups is 1. The molecule has 2 rings (SSSR count). The average molecular weight is 294 g/mol. The van der Waals surface area contributed by atoms with E-state index in [1.807, 2.05) is 0 Å². The predicted molar refractivity (Wildman–Crippen MR) is 76.9 cm³/mol. The van der Waals surface area contributed by atoms with Crippen LogP contribution in [0.25, 0.3) is 0 Å². The number of nitrogens with zero attached hydrogens (tertiary/aromatic N) is 2. The van der Waals surface area contributed by atoms with Gasteiger partial charge in [-0.2, -0.15) is 0 Å². The number of nitro benzene ring substituents is 1. The van der Waals surface area contributed by atoms with Crippen molar-refractivity contribution in [1.82, 2.24) is 0 Å². The van der Waals surface area contributed by atoms with Crippen LogP contribution in [0.15, 0.2) is 18.2 Å². The van der Waals surface area contributed by atoms with Gasteiger partial charge in [-0.1, -0.05) is 17.8 Å². The van der Waals surface area contributed by atoms with Gasteiger partial charge in [0.15, 0.2) is 5.12 Å². The van der Waals surface area contributed by atoms with Gasteiger partial charge in [0.1, 0.15) is 5.69 Å². The molecule has 6 nitrogen and oxygen atoms in total. The second-order valence-corrected chi connectivity index (χ2v) is 6.17. The zero-order chi connectivity index (χ0) is 14.9. The third kappa shape index (κ3) is 2.98. The number of hydrogen-bond acceptors (Lipinski definition) is 5. The van der Waals surface area contributed by atoms with Crippen molar-refractivity contribution in [2.24, 2.45) is 0 Å². The number of nitro groups is 1. The lowest BCUT2D eigenvalue weighted by Crippen LogP contribution is -2.25. The Morgan fingerprint density at radius 2 is 2.20 bits per heavy atom. The molecular formula is C13H14N2O4S. The van der Waals surface area contributed by atoms with Gasteiger partial charge in [-0.3, -0.25) is 19.7 Å². The minimum atomic E-state index is -0.485. The van der Waals surface area contributed by atoms with Crippen molar-refractivity contribution in [3.63, 3.8) is 0 Å². The van der Waals surface area contributed by atoms with Crippen LogP contribution in [0.1, 0.15) is 18.9 Å². The second-order valence-electron chi connectivity index (χ2n) is 4.69. The monoisotopic (exact) mass is 294 g/mol. The Labute approximate surface area is 120 Å². The van der Waals surface area contributed by atoms with E-state index in [-0.39, 0.29) is 28.4 Å². The molecule has 0 bridgehead atoms. The normalized spacial score (nSPS) is 18.4. The van der Waals surface area contributed by atoms with Crippen molar-refractivity contribution in [3.05, 3.63) is 33.9 Å². The molecule has 1 fully saturated rings. The lowest BCUT2D eigenvalue weighted by molar-refractivity contribution is -0.384. The highest BCUT2D eigenvalue weighted by atomic mass is 32.2. The highest BCUT2D eigenvalue weighted by molar-refractivity contribution is 8.14. The number of carbonyl (C=O) groups excluding carboxylic acids is 2. The zero-order valence-corrected chi connectivity index (χ0v) is 12.0. The van der Waals surface area contributed by atoms with Gasteiger partial charge in [0.25, 0.3) is 5.69 Å². The van der Waals surface area contributed by atoms with E-state index in [9.17, 15) is 19.7 Å². The molecule has 1 saturated heterocycles. The van der Waals surface area contributed by atoms with Gasteiger partial charge >= 0.3 is 0 Å². The molecule has 1 atom stereocenters. The van der Waals surface area contributed by atoms with E-state index < -0.39 is 4.92 Å². The zero-order valence-electron chi connectivity index (χ0n) is 11.2. The standard InChI is InChI=1S/C13H14N2O4S/c1-8-3-4-11(12(5-8)15(18)19)14-7-10(6-13(14)17)20-9(2)16/h3-5,10H,6-7H2,1-2H3. The fraction of sp³-hybridized carbons (Fsp3) is 0.385. The first-order valence-corrected chi connectivity index (χ1v) is 6.99. The molecule has 1 aromatic rings. The maximum absolute atomic E-state index is 12.0. The summed E-state index contributed by atoms with van der Waals surface area (Å²) in [6, 6.07) is 4.78. The highest BCUT2D eigenvalue weighted by Gasteiger charge is 2.35. The van der Waals surface area contributed by atoms with Gasteiger partial charge in [0, 0.05) is 31.2 Å². The largest absolute Gasteiger partial charge is 0.305 e. The summed E-state index contributed by atoms with van der Waals surface area (Å²) >= 11 is 1.11. The van der Waals surface area contributed by atoms with Crippen molar-refractivity contribution in [1.29, 1.82) is 0 Å². The SMILES string of the molecule is CC(=O)SC1CC(=O)N(c2ccc(C)cc2[N+](=O)[O-])C1. The van der Waals surface area contributed by atoms with E-state index in [4.69, 9.17) is 0 Å². The van der Waals surface area contributed by atoms with Crippen LogP contribution in [0.2, 0.25) is 0 Å². The molecule has 0 spiro atoms. The summed E-state index contributed by atoms with van der Waals surface area (Å²) in [6.07, 6.45) is 0.231. The van der Waals surface area contributed by atoms with Crippen molar-refractivity contribution < 1.29 is 14.5 Å². The Hall–Kier alpha value is -1.89. The third-order valence-electron chi connectivity index (χ3n) is 3.04. The van der Waals surface area contributed by atoms with Gasteiger partial charge in [0.05, 0.1) is 4.92 Å².